The summed E-state index contributed by atoms with van der Waals surface area (Å²) in [6.45, 7) is -0.237. The van der Waals surface area contributed by atoms with Crippen molar-refractivity contribution in [3.8, 4) is 0 Å². The molecule has 0 aliphatic carbocycles. The highest BCUT2D eigenvalue weighted by Crippen LogP contribution is 2.29. The molecule has 16 heavy (non-hydrogen) atoms. The van der Waals surface area contributed by atoms with Gasteiger partial charge in [0, 0.05) is 21.7 Å². The Bertz CT molecular complexity index is 486. The number of rotatable bonds is 4. The number of nitrogens with one attached hydrogen (secondary N) is 1. The van der Waals surface area contributed by atoms with E-state index in [1.807, 2.05) is 12.1 Å². The van der Waals surface area contributed by atoms with E-state index >= 15 is 0 Å². The third-order valence-corrected chi connectivity index (χ3v) is 3.43. The van der Waals surface area contributed by atoms with E-state index < -0.39 is 6.10 Å². The Morgan fingerprint density at radius 2 is 2.31 bits per heavy atom. The minimum absolute atomic E-state index is 0.237. The summed E-state index contributed by atoms with van der Waals surface area (Å²) in [5.74, 6) is 0.417. The monoisotopic (exact) mass is 239 g/mol. The van der Waals surface area contributed by atoms with Crippen LogP contribution in [0.1, 0.15) is 0 Å². The van der Waals surface area contributed by atoms with Gasteiger partial charge < -0.3 is 15.9 Å². The van der Waals surface area contributed by atoms with Crippen molar-refractivity contribution in [1.29, 1.82) is 0 Å². The second kappa shape index (κ2) is 4.73. The van der Waals surface area contributed by atoms with Crippen molar-refractivity contribution in [2.75, 3.05) is 18.1 Å². The van der Waals surface area contributed by atoms with Crippen LogP contribution in [-0.4, -0.2) is 38.9 Å². The third-order valence-electron chi connectivity index (χ3n) is 2.21. The van der Waals surface area contributed by atoms with Crippen LogP contribution < -0.4 is 5.73 Å². The van der Waals surface area contributed by atoms with Gasteiger partial charge in [0.2, 0.25) is 0 Å². The fraction of sp³-hybridized carbons (Fsp3) is 0.300. The van der Waals surface area contributed by atoms with Gasteiger partial charge in [-0.2, -0.15) is 5.10 Å². The number of aliphatic hydroxyl groups is 2. The molecule has 0 bridgehead atoms. The lowest BCUT2D eigenvalue weighted by atomic mass is 10.2. The molecule has 1 aromatic carbocycles. The number of aromatic nitrogens is 2. The van der Waals surface area contributed by atoms with Crippen LogP contribution in [0.4, 0.5) is 5.69 Å². The zero-order chi connectivity index (χ0) is 11.5. The summed E-state index contributed by atoms with van der Waals surface area (Å²) in [5.41, 5.74) is 7.44. The van der Waals surface area contributed by atoms with Gasteiger partial charge in [0.1, 0.15) is 0 Å². The predicted molar refractivity (Wildman–Crippen MR) is 64.3 cm³/mol. The molecule has 0 radical (unpaired) electrons. The zero-order valence-electron chi connectivity index (χ0n) is 8.55. The van der Waals surface area contributed by atoms with Gasteiger partial charge in [0.15, 0.2) is 0 Å². The molecule has 0 aliphatic rings. The highest BCUT2D eigenvalue weighted by Gasteiger charge is 2.07. The number of nitrogen functional groups attached to an aromatic ring is 1. The van der Waals surface area contributed by atoms with Crippen molar-refractivity contribution < 1.29 is 10.2 Å². The standard InChI is InChI=1S/C10H13N3O2S/c11-8-1-6-3-12-13-9(6)2-10(8)16-5-7(15)4-14/h1-3,7,14-15H,4-5,11H2,(H,12,13). The normalized spacial score (nSPS) is 13.1. The van der Waals surface area contributed by atoms with Crippen molar-refractivity contribution >= 4 is 28.4 Å². The molecular weight excluding hydrogens is 226 g/mol. The lowest BCUT2D eigenvalue weighted by molar-refractivity contribution is 0.113. The highest BCUT2D eigenvalue weighted by atomic mass is 32.2. The molecule has 0 spiro atoms. The summed E-state index contributed by atoms with van der Waals surface area (Å²) in [6.07, 6.45) is 0.991. The SMILES string of the molecule is Nc1cc2cn[nH]c2cc1SCC(O)CO. The molecule has 6 heteroatoms. The summed E-state index contributed by atoms with van der Waals surface area (Å²) in [6, 6.07) is 3.74. The van der Waals surface area contributed by atoms with Gasteiger partial charge in [-0.1, -0.05) is 0 Å². The number of H-pyrrole nitrogens is 1. The Kier molecular flexibility index (Phi) is 3.33. The number of aromatic amines is 1. The van der Waals surface area contributed by atoms with Crippen molar-refractivity contribution in [2.24, 2.45) is 0 Å². The molecule has 0 fully saturated rings. The van der Waals surface area contributed by atoms with Crippen molar-refractivity contribution in [3.05, 3.63) is 18.3 Å². The van der Waals surface area contributed by atoms with Gasteiger partial charge in [-0.15, -0.1) is 11.8 Å². The number of anilines is 1. The molecule has 2 aromatic rings. The molecule has 5 N–H and O–H groups in total. The summed E-state index contributed by atoms with van der Waals surface area (Å²) in [7, 11) is 0. The Hall–Kier alpha value is -1.24. The van der Waals surface area contributed by atoms with Crippen molar-refractivity contribution in [3.63, 3.8) is 0 Å². The first kappa shape index (κ1) is 11.3. The number of fused-ring (bicyclic) bond motifs is 1. The summed E-state index contributed by atoms with van der Waals surface area (Å²) in [5, 5.41) is 25.7. The second-order valence-electron chi connectivity index (χ2n) is 3.49. The van der Waals surface area contributed by atoms with Gasteiger partial charge in [-0.25, -0.2) is 0 Å². The Morgan fingerprint density at radius 1 is 1.50 bits per heavy atom. The minimum atomic E-state index is -0.720. The van der Waals surface area contributed by atoms with E-state index in [1.165, 1.54) is 11.8 Å². The average Bonchev–Trinajstić information content (AvgIpc) is 2.72. The number of nitrogens with two attached hydrogens (primary N) is 1. The second-order valence-corrected chi connectivity index (χ2v) is 4.56. The van der Waals surface area contributed by atoms with Crippen LogP contribution in [0, 0.1) is 0 Å². The minimum Gasteiger partial charge on any atom is -0.398 e. The van der Waals surface area contributed by atoms with Crippen molar-refractivity contribution in [1.82, 2.24) is 10.2 Å². The van der Waals surface area contributed by atoms with E-state index in [-0.39, 0.29) is 6.61 Å². The van der Waals surface area contributed by atoms with Gasteiger partial charge >= 0.3 is 0 Å². The topological polar surface area (TPSA) is 95.2 Å². The number of hydrogen-bond acceptors (Lipinski definition) is 5. The first-order valence-electron chi connectivity index (χ1n) is 4.85. The van der Waals surface area contributed by atoms with Crippen LogP contribution in [0.3, 0.4) is 0 Å². The fourth-order valence-corrected chi connectivity index (χ4v) is 2.26. The lowest BCUT2D eigenvalue weighted by Gasteiger charge is -2.08. The molecule has 0 amide bonds. The van der Waals surface area contributed by atoms with Gasteiger partial charge in [0.25, 0.3) is 0 Å². The maximum atomic E-state index is 9.25. The number of aliphatic hydroxyl groups excluding tert-OH is 2. The van der Waals surface area contributed by atoms with Crippen LogP contribution in [0.2, 0.25) is 0 Å². The Labute approximate surface area is 96.7 Å². The van der Waals surface area contributed by atoms with E-state index in [0.717, 1.165) is 15.8 Å². The van der Waals surface area contributed by atoms with Crippen LogP contribution in [0.5, 0.6) is 0 Å². The molecule has 86 valence electrons. The maximum Gasteiger partial charge on any atom is 0.0864 e. The van der Waals surface area contributed by atoms with Crippen LogP contribution >= 0.6 is 11.8 Å². The summed E-state index contributed by atoms with van der Waals surface area (Å²) >= 11 is 1.42. The van der Waals surface area contributed by atoms with E-state index in [0.29, 0.717) is 11.4 Å². The quantitative estimate of drug-likeness (QED) is 0.462. The lowest BCUT2D eigenvalue weighted by Crippen LogP contribution is -2.14. The van der Waals surface area contributed by atoms with E-state index in [2.05, 4.69) is 10.2 Å². The Morgan fingerprint density at radius 3 is 3.06 bits per heavy atom. The molecule has 1 aromatic heterocycles. The maximum absolute atomic E-state index is 9.25. The van der Waals surface area contributed by atoms with E-state index in [9.17, 15) is 5.11 Å². The Balaban J connectivity index is 2.19. The first-order chi connectivity index (χ1) is 7.70. The number of hydrogen-bond donors (Lipinski definition) is 4. The molecule has 0 aliphatic heterocycles. The van der Waals surface area contributed by atoms with E-state index in [1.54, 1.807) is 6.20 Å². The molecule has 0 saturated heterocycles. The average molecular weight is 239 g/mol. The van der Waals surface area contributed by atoms with Gasteiger partial charge in [-0.3, -0.25) is 5.10 Å². The summed E-state index contributed by atoms with van der Waals surface area (Å²) in [4.78, 5) is 0.879. The molecule has 1 unspecified atom stereocenters. The highest BCUT2D eigenvalue weighted by molar-refractivity contribution is 7.99. The van der Waals surface area contributed by atoms with Crippen LogP contribution in [-0.2, 0) is 0 Å². The van der Waals surface area contributed by atoms with Crippen LogP contribution in [0.25, 0.3) is 10.9 Å². The molecule has 1 heterocycles. The molecule has 1 atom stereocenters. The summed E-state index contributed by atoms with van der Waals surface area (Å²) < 4.78 is 0. The zero-order valence-corrected chi connectivity index (χ0v) is 9.37. The smallest absolute Gasteiger partial charge is 0.0864 e. The first-order valence-corrected chi connectivity index (χ1v) is 5.83. The fourth-order valence-electron chi connectivity index (χ4n) is 1.35. The predicted octanol–water partition coefficient (Wildman–Crippen LogP) is 0.590. The molecule has 5 nitrogen and oxygen atoms in total. The number of nitrogens with zero attached hydrogens (tertiary/aromatic N) is 1. The third kappa shape index (κ3) is 2.29. The van der Waals surface area contributed by atoms with Gasteiger partial charge in [0.05, 0.1) is 24.4 Å². The number of thioether (sulfide) groups is 1. The van der Waals surface area contributed by atoms with E-state index in [4.69, 9.17) is 10.8 Å². The van der Waals surface area contributed by atoms with Crippen LogP contribution in [0.15, 0.2) is 23.2 Å². The molecular formula is C10H13N3O2S. The van der Waals surface area contributed by atoms with Gasteiger partial charge in [-0.05, 0) is 12.1 Å². The number of benzene rings is 1. The largest absolute Gasteiger partial charge is 0.398 e. The molecule has 2 rings (SSSR count). The van der Waals surface area contributed by atoms with Crippen molar-refractivity contribution in [2.45, 2.75) is 11.0 Å². The molecule has 0 saturated carbocycles.